The molecule has 0 spiro atoms. The molecule has 1 N–H and O–H groups in total. The summed E-state index contributed by atoms with van der Waals surface area (Å²) in [6.07, 6.45) is 1.23. The Morgan fingerprint density at radius 1 is 1.19 bits per heavy atom. The van der Waals surface area contributed by atoms with Gasteiger partial charge in [0, 0.05) is 30.9 Å². The van der Waals surface area contributed by atoms with E-state index in [-0.39, 0.29) is 0 Å². The molecule has 1 heterocycles. The molecule has 3 rings (SSSR count). The van der Waals surface area contributed by atoms with Crippen LogP contribution in [0, 0.1) is 5.92 Å². The molecule has 0 amide bonds. The molecule has 1 aliphatic heterocycles. The van der Waals surface area contributed by atoms with Crippen LogP contribution in [0.2, 0.25) is 0 Å². The Hall–Kier alpha value is -1.54. The van der Waals surface area contributed by atoms with Gasteiger partial charge in [-0.1, -0.05) is 50.6 Å². The van der Waals surface area contributed by atoms with Gasteiger partial charge >= 0.3 is 0 Å². The van der Waals surface area contributed by atoms with E-state index in [1.54, 1.807) is 0 Å². The molecule has 2 aromatic carbocycles. The molecule has 1 saturated heterocycles. The van der Waals surface area contributed by atoms with Gasteiger partial charge in [0.25, 0.3) is 0 Å². The SMILES string of the molecule is CCC(C)C1CN(c2ccc3ccccc3c2)C(C)CN1. The second-order valence-electron chi connectivity index (χ2n) is 6.43. The average Bonchev–Trinajstić information content (AvgIpc) is 2.54. The molecule has 0 saturated carbocycles. The second kappa shape index (κ2) is 6.07. The number of anilines is 1. The topological polar surface area (TPSA) is 15.3 Å². The number of piperazine rings is 1. The van der Waals surface area contributed by atoms with Crippen LogP contribution in [0.15, 0.2) is 42.5 Å². The van der Waals surface area contributed by atoms with Gasteiger partial charge in [0.05, 0.1) is 0 Å². The summed E-state index contributed by atoms with van der Waals surface area (Å²) in [6.45, 7) is 9.13. The largest absolute Gasteiger partial charge is 0.366 e. The number of fused-ring (bicyclic) bond motifs is 1. The highest BCUT2D eigenvalue weighted by Gasteiger charge is 2.27. The Labute approximate surface area is 128 Å². The third-order valence-electron chi connectivity index (χ3n) is 5.00. The maximum atomic E-state index is 3.71. The Bertz CT molecular complexity index is 607. The first-order chi connectivity index (χ1) is 10.2. The third-order valence-corrected chi connectivity index (χ3v) is 5.00. The zero-order valence-corrected chi connectivity index (χ0v) is 13.3. The summed E-state index contributed by atoms with van der Waals surface area (Å²) in [7, 11) is 0. The van der Waals surface area contributed by atoms with Gasteiger partial charge in [-0.15, -0.1) is 0 Å². The normalized spacial score (nSPS) is 24.2. The van der Waals surface area contributed by atoms with Crippen molar-refractivity contribution in [1.82, 2.24) is 5.32 Å². The number of rotatable bonds is 3. The van der Waals surface area contributed by atoms with E-state index in [0.717, 1.165) is 19.0 Å². The van der Waals surface area contributed by atoms with E-state index in [9.17, 15) is 0 Å². The quantitative estimate of drug-likeness (QED) is 0.913. The van der Waals surface area contributed by atoms with E-state index in [1.807, 2.05) is 0 Å². The lowest BCUT2D eigenvalue weighted by Crippen LogP contribution is -2.57. The molecule has 1 fully saturated rings. The predicted octanol–water partition coefficient (Wildman–Crippen LogP) is 4.05. The molecule has 0 radical (unpaired) electrons. The van der Waals surface area contributed by atoms with Crippen LogP contribution in [0.1, 0.15) is 27.2 Å². The van der Waals surface area contributed by atoms with E-state index in [2.05, 4.69) is 73.5 Å². The first-order valence-electron chi connectivity index (χ1n) is 8.18. The minimum atomic E-state index is 0.548. The highest BCUT2D eigenvalue weighted by Crippen LogP contribution is 2.26. The van der Waals surface area contributed by atoms with Gasteiger partial charge in [0.2, 0.25) is 0 Å². The molecule has 0 bridgehead atoms. The summed E-state index contributed by atoms with van der Waals surface area (Å²) in [6, 6.07) is 16.6. The van der Waals surface area contributed by atoms with Crippen molar-refractivity contribution in [1.29, 1.82) is 0 Å². The van der Waals surface area contributed by atoms with E-state index in [4.69, 9.17) is 0 Å². The smallest absolute Gasteiger partial charge is 0.0387 e. The molecule has 0 aromatic heterocycles. The number of hydrogen-bond donors (Lipinski definition) is 1. The minimum Gasteiger partial charge on any atom is -0.366 e. The standard InChI is InChI=1S/C19H26N2/c1-4-14(2)19-13-21(15(3)12-20-19)18-10-9-16-7-5-6-8-17(16)11-18/h5-11,14-15,19-20H,4,12-13H2,1-3H3. The summed E-state index contributed by atoms with van der Waals surface area (Å²) < 4.78 is 0. The number of nitrogens with one attached hydrogen (secondary N) is 1. The van der Waals surface area contributed by atoms with E-state index in [0.29, 0.717) is 12.1 Å². The molecule has 3 unspecified atom stereocenters. The van der Waals surface area contributed by atoms with Crippen LogP contribution in [0.5, 0.6) is 0 Å². The third kappa shape index (κ3) is 2.91. The summed E-state index contributed by atoms with van der Waals surface area (Å²) in [5.74, 6) is 0.723. The molecule has 1 aliphatic rings. The van der Waals surface area contributed by atoms with Crippen LogP contribution in [0.25, 0.3) is 10.8 Å². The molecule has 0 aliphatic carbocycles. The van der Waals surface area contributed by atoms with E-state index < -0.39 is 0 Å². The lowest BCUT2D eigenvalue weighted by molar-refractivity contribution is 0.316. The van der Waals surface area contributed by atoms with Crippen molar-refractivity contribution in [3.05, 3.63) is 42.5 Å². The van der Waals surface area contributed by atoms with Crippen LogP contribution in [-0.4, -0.2) is 25.2 Å². The van der Waals surface area contributed by atoms with Crippen LogP contribution in [0.3, 0.4) is 0 Å². The summed E-state index contributed by atoms with van der Waals surface area (Å²) >= 11 is 0. The van der Waals surface area contributed by atoms with Crippen molar-refractivity contribution in [3.8, 4) is 0 Å². The average molecular weight is 282 g/mol. The Morgan fingerprint density at radius 2 is 1.95 bits per heavy atom. The molecular formula is C19H26N2. The first kappa shape index (κ1) is 14.4. The zero-order valence-electron chi connectivity index (χ0n) is 13.3. The van der Waals surface area contributed by atoms with Crippen LogP contribution >= 0.6 is 0 Å². The van der Waals surface area contributed by atoms with Crippen molar-refractivity contribution >= 4 is 16.5 Å². The van der Waals surface area contributed by atoms with Crippen LogP contribution in [0.4, 0.5) is 5.69 Å². The fraction of sp³-hybridized carbons (Fsp3) is 0.474. The van der Waals surface area contributed by atoms with Gasteiger partial charge in [-0.2, -0.15) is 0 Å². The van der Waals surface area contributed by atoms with Gasteiger partial charge in [-0.25, -0.2) is 0 Å². The Balaban J connectivity index is 1.88. The van der Waals surface area contributed by atoms with Crippen molar-refractivity contribution in [2.75, 3.05) is 18.0 Å². The lowest BCUT2D eigenvalue weighted by atomic mass is 9.95. The van der Waals surface area contributed by atoms with Crippen LogP contribution in [-0.2, 0) is 0 Å². The summed E-state index contributed by atoms with van der Waals surface area (Å²) in [5.41, 5.74) is 1.36. The Kier molecular flexibility index (Phi) is 4.16. The van der Waals surface area contributed by atoms with Gasteiger partial charge in [0.15, 0.2) is 0 Å². The molecule has 2 heteroatoms. The summed E-state index contributed by atoms with van der Waals surface area (Å²) in [5, 5.41) is 6.37. The van der Waals surface area contributed by atoms with Crippen LogP contribution < -0.4 is 10.2 Å². The lowest BCUT2D eigenvalue weighted by Gasteiger charge is -2.42. The monoisotopic (exact) mass is 282 g/mol. The van der Waals surface area contributed by atoms with E-state index in [1.165, 1.54) is 22.9 Å². The van der Waals surface area contributed by atoms with Gasteiger partial charge in [-0.05, 0) is 35.7 Å². The zero-order chi connectivity index (χ0) is 14.8. The number of hydrogen-bond acceptors (Lipinski definition) is 2. The fourth-order valence-electron chi connectivity index (χ4n) is 3.27. The van der Waals surface area contributed by atoms with Gasteiger partial charge < -0.3 is 10.2 Å². The first-order valence-corrected chi connectivity index (χ1v) is 8.18. The van der Waals surface area contributed by atoms with Gasteiger partial charge in [0.1, 0.15) is 0 Å². The highest BCUT2D eigenvalue weighted by atomic mass is 15.2. The minimum absolute atomic E-state index is 0.548. The fourth-order valence-corrected chi connectivity index (χ4v) is 3.27. The predicted molar refractivity (Wildman–Crippen MR) is 92.0 cm³/mol. The number of nitrogens with zero attached hydrogens (tertiary/aromatic N) is 1. The molecule has 3 atom stereocenters. The Morgan fingerprint density at radius 3 is 2.71 bits per heavy atom. The molecule has 112 valence electrons. The summed E-state index contributed by atoms with van der Waals surface area (Å²) in [4.78, 5) is 2.57. The maximum Gasteiger partial charge on any atom is 0.0387 e. The van der Waals surface area contributed by atoms with Crippen molar-refractivity contribution in [3.63, 3.8) is 0 Å². The molecule has 2 aromatic rings. The van der Waals surface area contributed by atoms with Crippen molar-refractivity contribution in [2.45, 2.75) is 39.3 Å². The van der Waals surface area contributed by atoms with Gasteiger partial charge in [-0.3, -0.25) is 0 Å². The van der Waals surface area contributed by atoms with E-state index >= 15 is 0 Å². The van der Waals surface area contributed by atoms with Crippen molar-refractivity contribution < 1.29 is 0 Å². The molecular weight excluding hydrogens is 256 g/mol. The number of benzene rings is 2. The second-order valence-corrected chi connectivity index (χ2v) is 6.43. The maximum absolute atomic E-state index is 3.71. The van der Waals surface area contributed by atoms with Crippen molar-refractivity contribution in [2.24, 2.45) is 5.92 Å². The highest BCUT2D eigenvalue weighted by molar-refractivity contribution is 5.85. The molecule has 21 heavy (non-hydrogen) atoms. The molecule has 2 nitrogen and oxygen atoms in total.